The van der Waals surface area contributed by atoms with Gasteiger partial charge in [0.2, 0.25) is 0 Å². The number of hydrogen-bond donors (Lipinski definition) is 1. The fourth-order valence-electron chi connectivity index (χ4n) is 2.37. The van der Waals surface area contributed by atoms with E-state index in [4.69, 9.17) is 0 Å². The van der Waals surface area contributed by atoms with Gasteiger partial charge in [0, 0.05) is 24.5 Å². The Balaban J connectivity index is 2.30. The molecule has 0 saturated carbocycles. The Morgan fingerprint density at radius 1 is 1.19 bits per heavy atom. The molecule has 1 atom stereocenters. The largest absolute Gasteiger partial charge is 0.327 e. The summed E-state index contributed by atoms with van der Waals surface area (Å²) in [6.45, 7) is 7.99. The van der Waals surface area contributed by atoms with E-state index in [2.05, 4.69) is 42.0 Å². The second-order valence-corrected chi connectivity index (χ2v) is 4.95. The summed E-state index contributed by atoms with van der Waals surface area (Å²) in [5.41, 5.74) is 2.14. The van der Waals surface area contributed by atoms with Crippen LogP contribution in [0.5, 0.6) is 0 Å². The summed E-state index contributed by atoms with van der Waals surface area (Å²) in [5.74, 6) is 0.656. The van der Waals surface area contributed by atoms with Crippen LogP contribution in [-0.2, 0) is 0 Å². The van der Waals surface area contributed by atoms with Crippen molar-refractivity contribution in [2.45, 2.75) is 26.8 Å². The minimum absolute atomic E-state index is 0.225. The summed E-state index contributed by atoms with van der Waals surface area (Å²) < 4.78 is 13.1. The predicted octanol–water partition coefficient (Wildman–Crippen LogP) is 4.05. The summed E-state index contributed by atoms with van der Waals surface area (Å²) >= 11 is 0. The summed E-state index contributed by atoms with van der Waals surface area (Å²) in [4.78, 5) is 6.53. The van der Waals surface area contributed by atoms with Gasteiger partial charge < -0.3 is 10.2 Å². The molecule has 0 fully saturated rings. The monoisotopic (exact) mass is 287 g/mol. The van der Waals surface area contributed by atoms with Crippen molar-refractivity contribution in [3.8, 4) is 0 Å². The minimum Gasteiger partial charge on any atom is -0.327 e. The van der Waals surface area contributed by atoms with Crippen molar-refractivity contribution in [2.24, 2.45) is 0 Å². The number of benzene rings is 1. The van der Waals surface area contributed by atoms with Crippen molar-refractivity contribution < 1.29 is 4.39 Å². The number of pyridine rings is 1. The Bertz CT molecular complexity index is 569. The van der Waals surface area contributed by atoms with E-state index >= 15 is 0 Å². The molecule has 2 rings (SSSR count). The van der Waals surface area contributed by atoms with Gasteiger partial charge >= 0.3 is 0 Å². The van der Waals surface area contributed by atoms with Crippen LogP contribution in [0.4, 0.5) is 15.9 Å². The molecule has 4 heteroatoms. The second kappa shape index (κ2) is 7.18. The second-order valence-electron chi connectivity index (χ2n) is 4.95. The van der Waals surface area contributed by atoms with Crippen LogP contribution in [0.3, 0.4) is 0 Å². The van der Waals surface area contributed by atoms with E-state index in [1.165, 1.54) is 17.7 Å². The number of halogens is 1. The highest BCUT2D eigenvalue weighted by molar-refractivity contribution is 5.60. The predicted molar refractivity (Wildman–Crippen MR) is 85.4 cm³/mol. The summed E-state index contributed by atoms with van der Waals surface area (Å²) in [6.07, 6.45) is 1.82. The van der Waals surface area contributed by atoms with Crippen LogP contribution in [-0.4, -0.2) is 18.1 Å². The first-order chi connectivity index (χ1) is 10.2. The third kappa shape index (κ3) is 3.79. The Hall–Kier alpha value is -1.94. The molecule has 1 aromatic carbocycles. The molecule has 0 spiro atoms. The molecule has 0 amide bonds. The maximum absolute atomic E-state index is 13.1. The lowest BCUT2D eigenvalue weighted by Crippen LogP contribution is -2.20. The molecule has 3 nitrogen and oxygen atoms in total. The van der Waals surface area contributed by atoms with Gasteiger partial charge in [-0.05, 0) is 62.4 Å². The molecule has 1 N–H and O–H groups in total. The van der Waals surface area contributed by atoms with Crippen LogP contribution >= 0.6 is 0 Å². The van der Waals surface area contributed by atoms with Gasteiger partial charge in [0.1, 0.15) is 11.6 Å². The van der Waals surface area contributed by atoms with Crippen LogP contribution in [0.25, 0.3) is 0 Å². The number of hydrogen-bond acceptors (Lipinski definition) is 3. The number of anilines is 2. The third-order valence-corrected chi connectivity index (χ3v) is 3.51. The highest BCUT2D eigenvalue weighted by Crippen LogP contribution is 2.25. The first-order valence-electron chi connectivity index (χ1n) is 7.38. The first kappa shape index (κ1) is 15.4. The van der Waals surface area contributed by atoms with E-state index in [1.54, 1.807) is 12.1 Å². The summed E-state index contributed by atoms with van der Waals surface area (Å²) in [5, 5.41) is 3.40. The van der Waals surface area contributed by atoms with Crippen LogP contribution in [0, 0.1) is 5.82 Å². The van der Waals surface area contributed by atoms with Crippen molar-refractivity contribution in [1.82, 2.24) is 10.3 Å². The van der Waals surface area contributed by atoms with E-state index < -0.39 is 0 Å². The van der Waals surface area contributed by atoms with E-state index in [9.17, 15) is 4.39 Å². The molecule has 1 heterocycles. The van der Waals surface area contributed by atoms with Gasteiger partial charge in [-0.2, -0.15) is 0 Å². The van der Waals surface area contributed by atoms with Gasteiger partial charge in [-0.1, -0.05) is 6.92 Å². The van der Waals surface area contributed by atoms with Crippen molar-refractivity contribution in [3.05, 3.63) is 54.0 Å². The molecule has 112 valence electrons. The normalized spacial score (nSPS) is 12.2. The SMILES string of the molecule is CCNC(C)c1ccnc(N(CC)c2ccc(F)cc2)c1. The molecule has 0 saturated heterocycles. The molecule has 0 aliphatic carbocycles. The van der Waals surface area contributed by atoms with E-state index in [1.807, 2.05) is 12.3 Å². The number of aromatic nitrogens is 1. The summed E-state index contributed by atoms with van der Waals surface area (Å²) in [6, 6.07) is 10.9. The maximum Gasteiger partial charge on any atom is 0.133 e. The molecule has 2 aromatic rings. The first-order valence-corrected chi connectivity index (χ1v) is 7.38. The molecule has 1 unspecified atom stereocenters. The molecule has 1 aromatic heterocycles. The number of rotatable bonds is 6. The fraction of sp³-hybridized carbons (Fsp3) is 0.353. The average molecular weight is 287 g/mol. The number of nitrogens with one attached hydrogen (secondary N) is 1. The van der Waals surface area contributed by atoms with Crippen LogP contribution < -0.4 is 10.2 Å². The Morgan fingerprint density at radius 2 is 1.90 bits per heavy atom. The Morgan fingerprint density at radius 3 is 2.52 bits per heavy atom. The minimum atomic E-state index is -0.225. The lowest BCUT2D eigenvalue weighted by Gasteiger charge is -2.23. The van der Waals surface area contributed by atoms with Crippen molar-refractivity contribution >= 4 is 11.5 Å². The topological polar surface area (TPSA) is 28.2 Å². The van der Waals surface area contributed by atoms with Gasteiger partial charge in [-0.15, -0.1) is 0 Å². The Kier molecular flexibility index (Phi) is 5.28. The van der Waals surface area contributed by atoms with E-state index in [-0.39, 0.29) is 11.9 Å². The quantitative estimate of drug-likeness (QED) is 0.868. The zero-order chi connectivity index (χ0) is 15.2. The standard InChI is InChI=1S/C17H22FN3/c1-4-19-13(3)14-10-11-20-17(12-14)21(5-2)16-8-6-15(18)7-9-16/h6-13,19H,4-5H2,1-3H3. The summed E-state index contributed by atoms with van der Waals surface area (Å²) in [7, 11) is 0. The van der Waals surface area contributed by atoms with E-state index in [0.717, 1.165) is 24.6 Å². The van der Waals surface area contributed by atoms with Crippen molar-refractivity contribution in [1.29, 1.82) is 0 Å². The molecule has 0 radical (unpaired) electrons. The van der Waals surface area contributed by atoms with Crippen LogP contribution in [0.1, 0.15) is 32.4 Å². The number of nitrogens with zero attached hydrogens (tertiary/aromatic N) is 2. The van der Waals surface area contributed by atoms with Crippen LogP contribution in [0.2, 0.25) is 0 Å². The lowest BCUT2D eigenvalue weighted by molar-refractivity contribution is 0.597. The van der Waals surface area contributed by atoms with Crippen molar-refractivity contribution in [3.63, 3.8) is 0 Å². The third-order valence-electron chi connectivity index (χ3n) is 3.51. The molecule has 0 aliphatic rings. The van der Waals surface area contributed by atoms with Gasteiger partial charge in [0.25, 0.3) is 0 Å². The smallest absolute Gasteiger partial charge is 0.133 e. The average Bonchev–Trinajstić information content (AvgIpc) is 2.50. The molecule has 21 heavy (non-hydrogen) atoms. The van der Waals surface area contributed by atoms with Gasteiger partial charge in [0.05, 0.1) is 0 Å². The highest BCUT2D eigenvalue weighted by atomic mass is 19.1. The lowest BCUT2D eigenvalue weighted by atomic mass is 10.1. The van der Waals surface area contributed by atoms with Gasteiger partial charge in [-0.25, -0.2) is 9.37 Å². The van der Waals surface area contributed by atoms with Crippen LogP contribution in [0.15, 0.2) is 42.6 Å². The zero-order valence-corrected chi connectivity index (χ0v) is 12.8. The molecular formula is C17H22FN3. The van der Waals surface area contributed by atoms with Crippen molar-refractivity contribution in [2.75, 3.05) is 18.0 Å². The van der Waals surface area contributed by atoms with Gasteiger partial charge in [0.15, 0.2) is 0 Å². The maximum atomic E-state index is 13.1. The highest BCUT2D eigenvalue weighted by Gasteiger charge is 2.11. The molecule has 0 bridgehead atoms. The fourth-order valence-corrected chi connectivity index (χ4v) is 2.37. The van der Waals surface area contributed by atoms with E-state index in [0.29, 0.717) is 0 Å². The van der Waals surface area contributed by atoms with Gasteiger partial charge in [-0.3, -0.25) is 0 Å². The molecule has 0 aliphatic heterocycles. The zero-order valence-electron chi connectivity index (χ0n) is 12.8. The molecular weight excluding hydrogens is 265 g/mol. The Labute approximate surface area is 125 Å².